The van der Waals surface area contributed by atoms with Crippen molar-refractivity contribution in [3.05, 3.63) is 23.8 Å². The fraction of sp³-hybridized carbons (Fsp3) is 0.462. The van der Waals surface area contributed by atoms with E-state index in [0.717, 1.165) is 19.2 Å². The van der Waals surface area contributed by atoms with E-state index in [1.807, 2.05) is 13.8 Å². The molecule has 1 atom stereocenters. The zero-order valence-corrected chi connectivity index (χ0v) is 12.4. The summed E-state index contributed by atoms with van der Waals surface area (Å²) in [5.74, 6) is -2.46. The van der Waals surface area contributed by atoms with E-state index < -0.39 is 29.3 Å². The van der Waals surface area contributed by atoms with Gasteiger partial charge >= 0.3 is 0 Å². The molecule has 0 saturated carbocycles. The zero-order valence-electron chi connectivity index (χ0n) is 11.6. The van der Waals surface area contributed by atoms with E-state index in [1.54, 1.807) is 0 Å². The highest BCUT2D eigenvalue weighted by atomic mass is 35.5. The average Bonchev–Trinajstić information content (AvgIpc) is 2.27. The van der Waals surface area contributed by atoms with Crippen LogP contribution in [0.3, 0.4) is 0 Å². The summed E-state index contributed by atoms with van der Waals surface area (Å²) in [6.45, 7) is 3.86. The fourth-order valence-electron chi connectivity index (χ4n) is 1.68. The molecule has 20 heavy (non-hydrogen) atoms. The van der Waals surface area contributed by atoms with Crippen LogP contribution >= 0.6 is 12.4 Å². The van der Waals surface area contributed by atoms with Crippen LogP contribution in [-0.4, -0.2) is 19.1 Å². The van der Waals surface area contributed by atoms with E-state index in [2.05, 4.69) is 10.1 Å². The number of hydrogen-bond acceptors (Lipinski definition) is 3. The predicted octanol–water partition coefficient (Wildman–Crippen LogP) is 2.71. The highest BCUT2D eigenvalue weighted by molar-refractivity contribution is 5.94. The number of nitrogens with one attached hydrogen (secondary N) is 1. The molecule has 4 nitrogen and oxygen atoms in total. The Bertz CT molecular complexity index is 447. The van der Waals surface area contributed by atoms with Crippen LogP contribution in [0.2, 0.25) is 0 Å². The van der Waals surface area contributed by atoms with E-state index in [0.29, 0.717) is 6.42 Å². The molecule has 0 heterocycles. The van der Waals surface area contributed by atoms with Gasteiger partial charge in [-0.3, -0.25) is 4.79 Å². The molecule has 1 rings (SSSR count). The van der Waals surface area contributed by atoms with E-state index in [1.165, 1.54) is 0 Å². The van der Waals surface area contributed by atoms with Gasteiger partial charge in [0.05, 0.1) is 13.2 Å². The molecule has 0 aliphatic heterocycles. The molecule has 0 aliphatic carbocycles. The Kier molecular flexibility index (Phi) is 7.45. The minimum Gasteiger partial charge on any atom is -0.491 e. The van der Waals surface area contributed by atoms with E-state index in [4.69, 9.17) is 5.73 Å². The topological polar surface area (TPSA) is 64.3 Å². The van der Waals surface area contributed by atoms with Crippen molar-refractivity contribution in [1.82, 2.24) is 0 Å². The molecule has 0 radical (unpaired) electrons. The molecule has 114 valence electrons. The Morgan fingerprint density at radius 3 is 2.25 bits per heavy atom. The molecule has 0 bridgehead atoms. The number of ether oxygens (including phenoxy) is 1. The van der Waals surface area contributed by atoms with Gasteiger partial charge in [0.25, 0.3) is 0 Å². The molecule has 0 saturated heterocycles. The Morgan fingerprint density at radius 2 is 1.85 bits per heavy atom. The van der Waals surface area contributed by atoms with Crippen molar-refractivity contribution >= 4 is 24.0 Å². The highest BCUT2D eigenvalue weighted by Crippen LogP contribution is 2.25. The van der Waals surface area contributed by atoms with Crippen LogP contribution in [0.5, 0.6) is 5.75 Å². The standard InChI is InChI=1S/C13H18F2N2O2.ClH/c1-7(2)4-11(16)13(18)17-8-5-9(14)12(19-3)10(15)6-8;/h5-7,11H,4,16H2,1-3H3,(H,17,18);1H/t11-;/m0./s1. The molecule has 7 heteroatoms. The molecular formula is C13H19ClF2N2O2. The number of rotatable bonds is 5. The van der Waals surface area contributed by atoms with Crippen molar-refractivity contribution in [2.75, 3.05) is 12.4 Å². The van der Waals surface area contributed by atoms with Crippen LogP contribution in [0.15, 0.2) is 12.1 Å². The molecule has 0 fully saturated rings. The van der Waals surface area contributed by atoms with Gasteiger partial charge in [0.2, 0.25) is 5.91 Å². The molecular weight excluding hydrogens is 290 g/mol. The number of benzene rings is 1. The normalized spacial score (nSPS) is 11.8. The second-order valence-electron chi connectivity index (χ2n) is 4.70. The van der Waals surface area contributed by atoms with Gasteiger partial charge in [0.15, 0.2) is 17.4 Å². The first-order valence-corrected chi connectivity index (χ1v) is 5.94. The second kappa shape index (κ2) is 8.01. The largest absolute Gasteiger partial charge is 0.491 e. The first kappa shape index (κ1) is 18.6. The molecule has 0 aromatic heterocycles. The van der Waals surface area contributed by atoms with Crippen molar-refractivity contribution in [1.29, 1.82) is 0 Å². The third kappa shape index (κ3) is 4.94. The number of halogens is 3. The molecule has 0 aliphatic rings. The van der Waals surface area contributed by atoms with Crippen LogP contribution in [0.1, 0.15) is 20.3 Å². The Balaban J connectivity index is 0.00000361. The number of amides is 1. The van der Waals surface area contributed by atoms with E-state index in [-0.39, 0.29) is 24.0 Å². The minimum atomic E-state index is -0.879. The third-order valence-corrected chi connectivity index (χ3v) is 2.53. The monoisotopic (exact) mass is 308 g/mol. The maximum absolute atomic E-state index is 13.4. The van der Waals surface area contributed by atoms with Crippen molar-refractivity contribution in [2.24, 2.45) is 11.7 Å². The predicted molar refractivity (Wildman–Crippen MR) is 76.2 cm³/mol. The fourth-order valence-corrected chi connectivity index (χ4v) is 1.68. The van der Waals surface area contributed by atoms with Crippen molar-refractivity contribution < 1.29 is 18.3 Å². The van der Waals surface area contributed by atoms with Crippen LogP contribution in [0, 0.1) is 17.6 Å². The number of carbonyl (C=O) groups excluding carboxylic acids is 1. The van der Waals surface area contributed by atoms with E-state index in [9.17, 15) is 13.6 Å². The van der Waals surface area contributed by atoms with Crippen LogP contribution in [0.4, 0.5) is 14.5 Å². The quantitative estimate of drug-likeness (QED) is 0.879. The SMILES string of the molecule is COc1c(F)cc(NC(=O)[C@@H](N)CC(C)C)cc1F.Cl. The van der Waals surface area contributed by atoms with Crippen molar-refractivity contribution in [3.63, 3.8) is 0 Å². The third-order valence-electron chi connectivity index (χ3n) is 2.53. The van der Waals surface area contributed by atoms with Crippen molar-refractivity contribution in [3.8, 4) is 5.75 Å². The first-order valence-electron chi connectivity index (χ1n) is 5.94. The smallest absolute Gasteiger partial charge is 0.241 e. The summed E-state index contributed by atoms with van der Waals surface area (Å²) in [7, 11) is 1.16. The number of hydrogen-bond donors (Lipinski definition) is 2. The number of methoxy groups -OCH3 is 1. The van der Waals surface area contributed by atoms with Crippen LogP contribution in [-0.2, 0) is 4.79 Å². The molecule has 0 unspecified atom stereocenters. The minimum absolute atomic E-state index is 0. The molecule has 0 spiro atoms. The second-order valence-corrected chi connectivity index (χ2v) is 4.70. The summed E-state index contributed by atoms with van der Waals surface area (Å²) in [5.41, 5.74) is 5.69. The van der Waals surface area contributed by atoms with Crippen LogP contribution in [0.25, 0.3) is 0 Å². The summed E-state index contributed by atoms with van der Waals surface area (Å²) < 4.78 is 31.4. The van der Waals surface area contributed by atoms with Gasteiger partial charge in [-0.2, -0.15) is 0 Å². The number of anilines is 1. The number of carbonyl (C=O) groups is 1. The Morgan fingerprint density at radius 1 is 1.35 bits per heavy atom. The summed E-state index contributed by atoms with van der Waals surface area (Å²) in [6, 6.07) is 1.26. The Labute approximate surface area is 123 Å². The molecule has 1 aromatic rings. The van der Waals surface area contributed by atoms with Crippen molar-refractivity contribution in [2.45, 2.75) is 26.3 Å². The summed E-state index contributed by atoms with van der Waals surface area (Å²) >= 11 is 0. The summed E-state index contributed by atoms with van der Waals surface area (Å²) in [6.07, 6.45) is 0.493. The van der Waals surface area contributed by atoms with Gasteiger partial charge in [0.1, 0.15) is 0 Å². The summed E-state index contributed by atoms with van der Waals surface area (Å²) in [4.78, 5) is 11.7. The number of nitrogens with two attached hydrogens (primary N) is 1. The lowest BCUT2D eigenvalue weighted by molar-refractivity contribution is -0.117. The maximum atomic E-state index is 13.4. The van der Waals surface area contributed by atoms with E-state index >= 15 is 0 Å². The summed E-state index contributed by atoms with van der Waals surface area (Å²) in [5, 5.41) is 2.38. The maximum Gasteiger partial charge on any atom is 0.241 e. The molecule has 1 aromatic carbocycles. The van der Waals surface area contributed by atoms with Gasteiger partial charge in [0, 0.05) is 17.8 Å². The lowest BCUT2D eigenvalue weighted by Gasteiger charge is -2.14. The van der Waals surface area contributed by atoms with Gasteiger partial charge in [-0.15, -0.1) is 12.4 Å². The van der Waals surface area contributed by atoms with Gasteiger partial charge in [-0.05, 0) is 12.3 Å². The van der Waals surface area contributed by atoms with Gasteiger partial charge < -0.3 is 15.8 Å². The van der Waals surface area contributed by atoms with Gasteiger partial charge in [-0.1, -0.05) is 13.8 Å². The zero-order chi connectivity index (χ0) is 14.6. The highest BCUT2D eigenvalue weighted by Gasteiger charge is 2.17. The van der Waals surface area contributed by atoms with Gasteiger partial charge in [-0.25, -0.2) is 8.78 Å². The lowest BCUT2D eigenvalue weighted by atomic mass is 10.0. The average molecular weight is 309 g/mol. The molecule has 3 N–H and O–H groups in total. The first-order chi connectivity index (χ1) is 8.85. The Hall–Kier alpha value is -1.40. The van der Waals surface area contributed by atoms with Crippen LogP contribution < -0.4 is 15.8 Å². The molecule has 1 amide bonds. The lowest BCUT2D eigenvalue weighted by Crippen LogP contribution is -2.36.